The van der Waals surface area contributed by atoms with E-state index in [0.29, 0.717) is 18.4 Å². The van der Waals surface area contributed by atoms with Gasteiger partial charge >= 0.3 is 11.9 Å². The summed E-state index contributed by atoms with van der Waals surface area (Å²) in [4.78, 5) is 62.8. The SMILES string of the molecule is CC(C)CC(NC(=O)C(N)CC(=O)O)C(=O)N1CCCC1C(=O)NC(Cc1ccc(O)cc1)C(=O)O. The van der Waals surface area contributed by atoms with E-state index < -0.39 is 60.2 Å². The van der Waals surface area contributed by atoms with Crippen molar-refractivity contribution in [2.75, 3.05) is 6.54 Å². The maximum atomic E-state index is 13.4. The molecule has 12 nitrogen and oxygen atoms in total. The van der Waals surface area contributed by atoms with E-state index in [4.69, 9.17) is 10.8 Å². The van der Waals surface area contributed by atoms with Gasteiger partial charge in [0.25, 0.3) is 0 Å². The van der Waals surface area contributed by atoms with Gasteiger partial charge in [0.2, 0.25) is 17.7 Å². The Labute approximate surface area is 208 Å². The van der Waals surface area contributed by atoms with Gasteiger partial charge in [0, 0.05) is 13.0 Å². The van der Waals surface area contributed by atoms with Crippen molar-refractivity contribution in [3.05, 3.63) is 29.8 Å². The molecule has 4 atom stereocenters. The molecule has 0 aliphatic carbocycles. The van der Waals surface area contributed by atoms with Crippen LogP contribution >= 0.6 is 0 Å². The number of amides is 3. The van der Waals surface area contributed by atoms with Gasteiger partial charge in [-0.05, 0) is 42.9 Å². The van der Waals surface area contributed by atoms with Gasteiger partial charge in [0.15, 0.2) is 0 Å². The number of phenolic OH excluding ortho intramolecular Hbond substituents is 1. The first kappa shape index (κ1) is 28.6. The molecule has 0 saturated carbocycles. The average Bonchev–Trinajstić information content (AvgIpc) is 3.28. The Morgan fingerprint density at radius 1 is 1.06 bits per heavy atom. The molecule has 2 rings (SSSR count). The smallest absolute Gasteiger partial charge is 0.326 e. The number of nitrogens with two attached hydrogens (primary N) is 1. The first-order valence-corrected chi connectivity index (χ1v) is 11.8. The molecular weight excluding hydrogens is 472 g/mol. The summed E-state index contributed by atoms with van der Waals surface area (Å²) < 4.78 is 0. The zero-order chi connectivity index (χ0) is 27.0. The first-order valence-electron chi connectivity index (χ1n) is 11.8. The van der Waals surface area contributed by atoms with E-state index in [1.807, 2.05) is 13.8 Å². The Kier molecular flexibility index (Phi) is 10.2. The van der Waals surface area contributed by atoms with Crippen molar-refractivity contribution in [3.8, 4) is 5.75 Å². The number of phenols is 1. The minimum Gasteiger partial charge on any atom is -0.508 e. The Morgan fingerprint density at radius 3 is 2.25 bits per heavy atom. The third-order valence-electron chi connectivity index (χ3n) is 5.88. The van der Waals surface area contributed by atoms with Crippen molar-refractivity contribution in [1.82, 2.24) is 15.5 Å². The van der Waals surface area contributed by atoms with Gasteiger partial charge in [-0.25, -0.2) is 4.79 Å². The van der Waals surface area contributed by atoms with Gasteiger partial charge < -0.3 is 36.6 Å². The molecule has 198 valence electrons. The van der Waals surface area contributed by atoms with Crippen LogP contribution in [-0.4, -0.2) is 80.6 Å². The lowest BCUT2D eigenvalue weighted by molar-refractivity contribution is -0.145. The van der Waals surface area contributed by atoms with Crippen LogP contribution < -0.4 is 16.4 Å². The number of benzene rings is 1. The predicted octanol–water partition coefficient (Wildman–Crippen LogP) is -0.172. The van der Waals surface area contributed by atoms with Gasteiger partial charge in [-0.2, -0.15) is 0 Å². The largest absolute Gasteiger partial charge is 0.508 e. The molecule has 4 unspecified atom stereocenters. The Hall–Kier alpha value is -3.67. The summed E-state index contributed by atoms with van der Waals surface area (Å²) in [5, 5.41) is 32.9. The maximum Gasteiger partial charge on any atom is 0.326 e. The summed E-state index contributed by atoms with van der Waals surface area (Å²) in [6.07, 6.45) is 0.467. The predicted molar refractivity (Wildman–Crippen MR) is 128 cm³/mol. The zero-order valence-electron chi connectivity index (χ0n) is 20.3. The molecule has 7 N–H and O–H groups in total. The summed E-state index contributed by atoms with van der Waals surface area (Å²) in [7, 11) is 0. The number of carbonyl (C=O) groups excluding carboxylic acids is 3. The lowest BCUT2D eigenvalue weighted by Gasteiger charge is -2.30. The topological polar surface area (TPSA) is 199 Å². The Bertz CT molecular complexity index is 965. The second kappa shape index (κ2) is 12.9. The van der Waals surface area contributed by atoms with Crippen LogP contribution in [-0.2, 0) is 30.4 Å². The fourth-order valence-electron chi connectivity index (χ4n) is 4.09. The van der Waals surface area contributed by atoms with Gasteiger partial charge in [0.05, 0.1) is 12.5 Å². The molecule has 0 aromatic heterocycles. The van der Waals surface area contributed by atoms with Crippen LogP contribution in [0.5, 0.6) is 5.75 Å². The number of aliphatic carboxylic acids is 2. The average molecular weight is 507 g/mol. The van der Waals surface area contributed by atoms with Crippen LogP contribution in [0, 0.1) is 5.92 Å². The van der Waals surface area contributed by atoms with Crippen molar-refractivity contribution in [2.45, 2.75) is 70.1 Å². The van der Waals surface area contributed by atoms with Crippen molar-refractivity contribution in [2.24, 2.45) is 11.7 Å². The molecule has 1 saturated heterocycles. The van der Waals surface area contributed by atoms with Crippen LogP contribution in [0.25, 0.3) is 0 Å². The fraction of sp³-hybridized carbons (Fsp3) is 0.542. The number of hydrogen-bond acceptors (Lipinski definition) is 7. The summed E-state index contributed by atoms with van der Waals surface area (Å²) in [5.74, 6) is -4.39. The van der Waals surface area contributed by atoms with E-state index in [1.165, 1.54) is 17.0 Å². The van der Waals surface area contributed by atoms with Crippen LogP contribution in [0.3, 0.4) is 0 Å². The van der Waals surface area contributed by atoms with E-state index in [-0.39, 0.29) is 31.1 Å². The van der Waals surface area contributed by atoms with Crippen LogP contribution in [0.1, 0.15) is 45.1 Å². The fourth-order valence-corrected chi connectivity index (χ4v) is 4.09. The van der Waals surface area contributed by atoms with Crippen LogP contribution in [0.15, 0.2) is 24.3 Å². The number of rotatable bonds is 12. The lowest BCUT2D eigenvalue weighted by Crippen LogP contribution is -2.57. The highest BCUT2D eigenvalue weighted by atomic mass is 16.4. The third kappa shape index (κ3) is 8.22. The molecule has 1 aliphatic heterocycles. The van der Waals surface area contributed by atoms with Crippen LogP contribution in [0.2, 0.25) is 0 Å². The molecule has 0 radical (unpaired) electrons. The molecule has 1 heterocycles. The highest BCUT2D eigenvalue weighted by molar-refractivity contribution is 5.95. The maximum absolute atomic E-state index is 13.4. The molecule has 1 aromatic rings. The number of nitrogens with one attached hydrogen (secondary N) is 2. The summed E-state index contributed by atoms with van der Waals surface area (Å²) in [6, 6.07) is 1.42. The molecule has 1 aromatic carbocycles. The van der Waals surface area contributed by atoms with Crippen molar-refractivity contribution in [1.29, 1.82) is 0 Å². The van der Waals surface area contributed by atoms with Gasteiger partial charge in [0.1, 0.15) is 23.9 Å². The second-order valence-corrected chi connectivity index (χ2v) is 9.35. The molecule has 1 aliphatic rings. The van der Waals surface area contributed by atoms with Crippen molar-refractivity contribution >= 4 is 29.7 Å². The number of likely N-dealkylation sites (tertiary alicyclic amines) is 1. The van der Waals surface area contributed by atoms with Gasteiger partial charge in [-0.1, -0.05) is 26.0 Å². The minimum atomic E-state index is -1.33. The standard InChI is InChI=1S/C24H34N4O8/c1-13(2)10-17(26-21(32)16(25)12-20(30)31)23(34)28-9-3-4-19(28)22(33)27-18(24(35)36)11-14-5-7-15(29)8-6-14/h5-8,13,16-19,29H,3-4,9-12,25H2,1-2H3,(H,26,32)(H,27,33)(H,30,31)(H,35,36). The third-order valence-corrected chi connectivity index (χ3v) is 5.88. The Morgan fingerprint density at radius 2 is 1.69 bits per heavy atom. The number of carboxylic acids is 2. The van der Waals surface area contributed by atoms with E-state index >= 15 is 0 Å². The highest BCUT2D eigenvalue weighted by Crippen LogP contribution is 2.21. The number of carbonyl (C=O) groups is 5. The lowest BCUT2D eigenvalue weighted by atomic mass is 10.0. The van der Waals surface area contributed by atoms with Crippen molar-refractivity contribution < 1.29 is 39.3 Å². The van der Waals surface area contributed by atoms with Gasteiger partial charge in [-0.3, -0.25) is 19.2 Å². The summed E-state index contributed by atoms with van der Waals surface area (Å²) >= 11 is 0. The van der Waals surface area contributed by atoms with Gasteiger partial charge in [-0.15, -0.1) is 0 Å². The molecule has 12 heteroatoms. The molecule has 1 fully saturated rings. The summed E-state index contributed by atoms with van der Waals surface area (Å²) in [6.45, 7) is 3.94. The van der Waals surface area contributed by atoms with E-state index in [0.717, 1.165) is 0 Å². The quantitative estimate of drug-likeness (QED) is 0.223. The summed E-state index contributed by atoms with van der Waals surface area (Å²) in [5.41, 5.74) is 6.22. The number of carboxylic acid groups (broad SMARTS) is 2. The normalized spacial score (nSPS) is 17.8. The Balaban J connectivity index is 2.13. The number of nitrogens with zero attached hydrogens (tertiary/aromatic N) is 1. The van der Waals surface area contributed by atoms with Crippen LogP contribution in [0.4, 0.5) is 0 Å². The van der Waals surface area contributed by atoms with E-state index in [1.54, 1.807) is 12.1 Å². The zero-order valence-corrected chi connectivity index (χ0v) is 20.3. The van der Waals surface area contributed by atoms with E-state index in [9.17, 15) is 34.2 Å². The molecule has 0 spiro atoms. The van der Waals surface area contributed by atoms with E-state index in [2.05, 4.69) is 10.6 Å². The second-order valence-electron chi connectivity index (χ2n) is 9.35. The van der Waals surface area contributed by atoms with Crippen molar-refractivity contribution in [3.63, 3.8) is 0 Å². The number of aromatic hydroxyl groups is 1. The monoisotopic (exact) mass is 506 g/mol. The molecular formula is C24H34N4O8. The minimum absolute atomic E-state index is 0.00784. The number of hydrogen-bond donors (Lipinski definition) is 6. The molecule has 0 bridgehead atoms. The molecule has 36 heavy (non-hydrogen) atoms. The first-order chi connectivity index (χ1) is 16.9. The highest BCUT2D eigenvalue weighted by Gasteiger charge is 2.39. The molecule has 3 amide bonds.